The molecule has 6 nitrogen and oxygen atoms in total. The minimum atomic E-state index is -4.64. The Hall–Kier alpha value is -3.33. The molecule has 29 heavy (non-hydrogen) atoms. The average molecular weight is 420 g/mol. The number of hydrogen-bond acceptors (Lipinski definition) is 5. The number of nitrogens with zero attached hydrogens (tertiary/aromatic N) is 4. The Kier molecular flexibility index (Phi) is 4.75. The van der Waals surface area contributed by atoms with Crippen molar-refractivity contribution in [3.63, 3.8) is 0 Å². The fourth-order valence-electron chi connectivity index (χ4n) is 2.73. The first-order valence-corrected chi connectivity index (χ1v) is 8.76. The van der Waals surface area contributed by atoms with Gasteiger partial charge in [0, 0.05) is 16.1 Å². The van der Waals surface area contributed by atoms with Crippen LogP contribution in [0.1, 0.15) is 11.3 Å². The van der Waals surface area contributed by atoms with Gasteiger partial charge in [-0.05, 0) is 36.4 Å². The summed E-state index contributed by atoms with van der Waals surface area (Å²) < 4.78 is 46.5. The number of nitrogen functional groups attached to an aromatic ring is 1. The van der Waals surface area contributed by atoms with E-state index in [0.29, 0.717) is 20.9 Å². The van der Waals surface area contributed by atoms with Gasteiger partial charge in [0.15, 0.2) is 5.69 Å². The van der Waals surface area contributed by atoms with E-state index in [0.717, 1.165) is 11.6 Å². The summed E-state index contributed by atoms with van der Waals surface area (Å²) in [6.07, 6.45) is -4.64. The van der Waals surface area contributed by atoms with Crippen molar-refractivity contribution in [2.24, 2.45) is 0 Å². The third kappa shape index (κ3) is 3.95. The van der Waals surface area contributed by atoms with E-state index in [1.807, 2.05) is 18.2 Å². The van der Waals surface area contributed by atoms with Gasteiger partial charge in [0.2, 0.25) is 5.95 Å². The molecule has 0 fully saturated rings. The Bertz CT molecular complexity index is 1170. The highest BCUT2D eigenvalue weighted by molar-refractivity contribution is 6.31. The third-order valence-electron chi connectivity index (χ3n) is 4.12. The summed E-state index contributed by atoms with van der Waals surface area (Å²) >= 11 is 6.09. The van der Waals surface area contributed by atoms with Crippen molar-refractivity contribution < 1.29 is 17.9 Å². The molecule has 0 radical (unpaired) electrons. The maximum Gasteiger partial charge on any atom is 0.433 e. The standard InChI is InChI=1S/C19H13ClF3N5O/c20-14-4-2-1-3-12(14)10-29-13-7-5-11(6-8-13)15-9-16(19(21,22)23)28-18(25-15)26-17(24)27-28/h1-9H,10H2,(H2,24,27). The zero-order chi connectivity index (χ0) is 20.6. The molecule has 0 saturated carbocycles. The number of hydrogen-bond donors (Lipinski definition) is 1. The lowest BCUT2D eigenvalue weighted by atomic mass is 10.1. The smallest absolute Gasteiger partial charge is 0.433 e. The fraction of sp³-hybridized carbons (Fsp3) is 0.105. The van der Waals surface area contributed by atoms with Crippen LogP contribution in [0, 0.1) is 0 Å². The molecule has 2 aromatic heterocycles. The predicted molar refractivity (Wildman–Crippen MR) is 101 cm³/mol. The van der Waals surface area contributed by atoms with Gasteiger partial charge in [-0.2, -0.15) is 22.7 Å². The Morgan fingerprint density at radius 3 is 2.45 bits per heavy atom. The minimum absolute atomic E-state index is 0.0925. The number of anilines is 1. The first-order valence-electron chi connectivity index (χ1n) is 8.38. The summed E-state index contributed by atoms with van der Waals surface area (Å²) in [4.78, 5) is 7.87. The molecule has 0 aliphatic heterocycles. The Labute approximate surface area is 167 Å². The molecule has 0 aliphatic rings. The lowest BCUT2D eigenvalue weighted by Gasteiger charge is -2.11. The molecule has 0 aliphatic carbocycles. The zero-order valence-electron chi connectivity index (χ0n) is 14.7. The number of ether oxygens (including phenoxy) is 1. The molecule has 2 heterocycles. The predicted octanol–water partition coefficient (Wildman–Crippen LogP) is 4.62. The van der Waals surface area contributed by atoms with E-state index in [9.17, 15) is 13.2 Å². The van der Waals surface area contributed by atoms with Crippen LogP contribution in [0.25, 0.3) is 17.0 Å². The van der Waals surface area contributed by atoms with Gasteiger partial charge in [-0.25, -0.2) is 4.98 Å². The van der Waals surface area contributed by atoms with Crippen LogP contribution in [0.4, 0.5) is 19.1 Å². The normalized spacial score (nSPS) is 11.7. The first-order chi connectivity index (χ1) is 13.8. The average Bonchev–Trinajstić information content (AvgIpc) is 3.06. The lowest BCUT2D eigenvalue weighted by Crippen LogP contribution is -2.14. The van der Waals surface area contributed by atoms with Gasteiger partial charge in [0.1, 0.15) is 12.4 Å². The van der Waals surface area contributed by atoms with Gasteiger partial charge in [0.05, 0.1) is 5.69 Å². The first kappa shape index (κ1) is 19.0. The number of aromatic nitrogens is 4. The van der Waals surface area contributed by atoms with Crippen molar-refractivity contribution in [1.82, 2.24) is 19.6 Å². The highest BCUT2D eigenvalue weighted by atomic mass is 35.5. The SMILES string of the molecule is Nc1nc2nc(-c3ccc(OCc4ccccc4Cl)cc3)cc(C(F)(F)F)n2n1. The topological polar surface area (TPSA) is 78.3 Å². The maximum atomic E-state index is 13.4. The van der Waals surface area contributed by atoms with Gasteiger partial charge in [-0.1, -0.05) is 29.8 Å². The third-order valence-corrected chi connectivity index (χ3v) is 4.49. The fourth-order valence-corrected chi connectivity index (χ4v) is 2.92. The molecule has 0 unspecified atom stereocenters. The monoisotopic (exact) mass is 419 g/mol. The summed E-state index contributed by atoms with van der Waals surface area (Å²) in [6.45, 7) is 0.264. The van der Waals surface area contributed by atoms with E-state index in [1.165, 1.54) is 0 Å². The van der Waals surface area contributed by atoms with Crippen LogP contribution in [0.15, 0.2) is 54.6 Å². The van der Waals surface area contributed by atoms with Crippen LogP contribution in [-0.4, -0.2) is 19.6 Å². The van der Waals surface area contributed by atoms with Crippen LogP contribution in [0.5, 0.6) is 5.75 Å². The number of alkyl halides is 3. The molecule has 0 spiro atoms. The van der Waals surface area contributed by atoms with Crippen LogP contribution >= 0.6 is 11.6 Å². The molecule has 0 bridgehead atoms. The molecular formula is C19H13ClF3N5O. The summed E-state index contributed by atoms with van der Waals surface area (Å²) in [6, 6.07) is 14.7. The second-order valence-electron chi connectivity index (χ2n) is 6.11. The van der Waals surface area contributed by atoms with E-state index < -0.39 is 11.9 Å². The van der Waals surface area contributed by atoms with Gasteiger partial charge in [-0.3, -0.25) is 0 Å². The van der Waals surface area contributed by atoms with Gasteiger partial charge >= 0.3 is 6.18 Å². The van der Waals surface area contributed by atoms with E-state index >= 15 is 0 Å². The Morgan fingerprint density at radius 1 is 1.03 bits per heavy atom. The van der Waals surface area contributed by atoms with Crippen molar-refractivity contribution in [2.45, 2.75) is 12.8 Å². The van der Waals surface area contributed by atoms with Crippen LogP contribution in [-0.2, 0) is 12.8 Å². The van der Waals surface area contributed by atoms with E-state index in [1.54, 1.807) is 30.3 Å². The highest BCUT2D eigenvalue weighted by Gasteiger charge is 2.35. The second-order valence-corrected chi connectivity index (χ2v) is 6.52. The van der Waals surface area contributed by atoms with Crippen molar-refractivity contribution >= 4 is 23.3 Å². The molecule has 0 saturated heterocycles. The second kappa shape index (κ2) is 7.25. The molecular weight excluding hydrogens is 407 g/mol. The summed E-state index contributed by atoms with van der Waals surface area (Å²) in [7, 11) is 0. The molecule has 0 amide bonds. The van der Waals surface area contributed by atoms with Crippen LogP contribution in [0.3, 0.4) is 0 Å². The molecule has 148 valence electrons. The van der Waals surface area contributed by atoms with Gasteiger partial charge in [0.25, 0.3) is 5.78 Å². The quantitative estimate of drug-likeness (QED) is 0.522. The maximum absolute atomic E-state index is 13.4. The molecule has 4 aromatic rings. The van der Waals surface area contributed by atoms with Crippen LogP contribution in [0.2, 0.25) is 5.02 Å². The summed E-state index contributed by atoms with van der Waals surface area (Å²) in [5.74, 6) is 0.0207. The molecule has 0 atom stereocenters. The number of fused-ring (bicyclic) bond motifs is 1. The summed E-state index contributed by atoms with van der Waals surface area (Å²) in [5.41, 5.74) is 5.79. The van der Waals surface area contributed by atoms with E-state index in [-0.39, 0.29) is 24.0 Å². The van der Waals surface area contributed by atoms with E-state index in [2.05, 4.69) is 15.1 Å². The number of halogens is 4. The molecule has 2 aromatic carbocycles. The Morgan fingerprint density at radius 2 is 1.76 bits per heavy atom. The van der Waals surface area contributed by atoms with Gasteiger partial charge < -0.3 is 10.5 Å². The molecule has 4 rings (SSSR count). The largest absolute Gasteiger partial charge is 0.489 e. The number of rotatable bonds is 4. The summed E-state index contributed by atoms with van der Waals surface area (Å²) in [5, 5.41) is 4.15. The van der Waals surface area contributed by atoms with Crippen molar-refractivity contribution in [3.05, 3.63) is 70.9 Å². The number of nitrogens with two attached hydrogens (primary N) is 1. The zero-order valence-corrected chi connectivity index (χ0v) is 15.4. The van der Waals surface area contributed by atoms with Crippen molar-refractivity contribution in [3.8, 4) is 17.0 Å². The molecule has 2 N–H and O–H groups in total. The highest BCUT2D eigenvalue weighted by Crippen LogP contribution is 2.32. The minimum Gasteiger partial charge on any atom is -0.489 e. The van der Waals surface area contributed by atoms with E-state index in [4.69, 9.17) is 22.1 Å². The van der Waals surface area contributed by atoms with Crippen molar-refractivity contribution in [2.75, 3.05) is 5.73 Å². The molecule has 10 heteroatoms. The Balaban J connectivity index is 1.62. The van der Waals surface area contributed by atoms with Gasteiger partial charge in [-0.15, -0.1) is 5.10 Å². The number of benzene rings is 2. The van der Waals surface area contributed by atoms with Crippen LogP contribution < -0.4 is 10.5 Å². The lowest BCUT2D eigenvalue weighted by molar-refractivity contribution is -0.142. The van der Waals surface area contributed by atoms with Crippen molar-refractivity contribution in [1.29, 1.82) is 0 Å².